The van der Waals surface area contributed by atoms with E-state index in [0.29, 0.717) is 12.5 Å². The second-order valence-electron chi connectivity index (χ2n) is 7.61. The number of nitrogens with zero attached hydrogens (tertiary/aromatic N) is 1. The summed E-state index contributed by atoms with van der Waals surface area (Å²) in [6.45, 7) is 1.66. The van der Waals surface area contributed by atoms with Gasteiger partial charge in [0.2, 0.25) is 0 Å². The standard InChI is InChI=1S/C19H25N3O4/c23-18(24)11-22(10-12-1-2-12)16-8-15(9-16)21-19(25)20-14-3-4-17-13(7-14)5-6-26-17/h3-4,7,12,15-16H,1-2,5-6,8-11H2,(H,23,24)(H2,20,21,25). The third kappa shape index (κ3) is 4.09. The van der Waals surface area contributed by atoms with Gasteiger partial charge in [-0.2, -0.15) is 0 Å². The van der Waals surface area contributed by atoms with Crippen LogP contribution in [0.3, 0.4) is 0 Å². The van der Waals surface area contributed by atoms with Crippen molar-refractivity contribution in [1.29, 1.82) is 0 Å². The molecule has 3 aliphatic rings. The third-order valence-electron chi connectivity index (χ3n) is 5.44. The summed E-state index contributed by atoms with van der Waals surface area (Å²) in [4.78, 5) is 25.3. The van der Waals surface area contributed by atoms with Crippen LogP contribution in [0.4, 0.5) is 10.5 Å². The van der Waals surface area contributed by atoms with Crippen LogP contribution in [0.5, 0.6) is 5.75 Å². The molecule has 0 bridgehead atoms. The van der Waals surface area contributed by atoms with Gasteiger partial charge >= 0.3 is 12.0 Å². The van der Waals surface area contributed by atoms with Crippen molar-refractivity contribution in [3.63, 3.8) is 0 Å². The van der Waals surface area contributed by atoms with E-state index in [1.807, 2.05) is 18.2 Å². The van der Waals surface area contributed by atoms with Gasteiger partial charge in [0.1, 0.15) is 5.75 Å². The fourth-order valence-electron chi connectivity index (χ4n) is 3.77. The van der Waals surface area contributed by atoms with Gasteiger partial charge in [-0.15, -0.1) is 0 Å². The molecule has 1 heterocycles. The Morgan fingerprint density at radius 3 is 2.81 bits per heavy atom. The van der Waals surface area contributed by atoms with Gasteiger partial charge in [-0.25, -0.2) is 4.79 Å². The van der Waals surface area contributed by atoms with E-state index >= 15 is 0 Å². The summed E-state index contributed by atoms with van der Waals surface area (Å²) < 4.78 is 5.47. The highest BCUT2D eigenvalue weighted by molar-refractivity contribution is 5.89. The molecule has 2 amide bonds. The number of carbonyl (C=O) groups excluding carboxylic acids is 1. The highest BCUT2D eigenvalue weighted by Gasteiger charge is 2.37. The molecular weight excluding hydrogens is 334 g/mol. The van der Waals surface area contributed by atoms with Crippen molar-refractivity contribution in [3.8, 4) is 5.75 Å². The number of hydrogen-bond donors (Lipinski definition) is 3. The number of carboxylic acid groups (broad SMARTS) is 1. The van der Waals surface area contributed by atoms with Gasteiger partial charge in [0.15, 0.2) is 0 Å². The Bertz CT molecular complexity index is 698. The minimum Gasteiger partial charge on any atom is -0.493 e. The summed E-state index contributed by atoms with van der Waals surface area (Å²) in [5.41, 5.74) is 1.89. The second kappa shape index (κ2) is 7.15. The van der Waals surface area contributed by atoms with Crippen LogP contribution in [-0.4, -0.2) is 53.8 Å². The average Bonchev–Trinajstić information content (AvgIpc) is 3.23. The number of benzene rings is 1. The molecule has 0 radical (unpaired) electrons. The van der Waals surface area contributed by atoms with E-state index in [4.69, 9.17) is 9.84 Å². The molecule has 2 saturated carbocycles. The molecule has 7 nitrogen and oxygen atoms in total. The molecule has 1 aromatic rings. The minimum absolute atomic E-state index is 0.0945. The molecule has 0 spiro atoms. The molecule has 0 saturated heterocycles. The smallest absolute Gasteiger partial charge is 0.319 e. The molecule has 0 aromatic heterocycles. The predicted octanol–water partition coefficient (Wildman–Crippen LogP) is 2.07. The second-order valence-corrected chi connectivity index (χ2v) is 7.61. The van der Waals surface area contributed by atoms with Crippen LogP contribution in [0.25, 0.3) is 0 Å². The number of carboxylic acids is 1. The van der Waals surface area contributed by atoms with Crippen molar-refractivity contribution in [2.24, 2.45) is 5.92 Å². The highest BCUT2D eigenvalue weighted by Crippen LogP contribution is 2.34. The minimum atomic E-state index is -0.777. The number of nitrogens with one attached hydrogen (secondary N) is 2. The number of rotatable bonds is 7. The van der Waals surface area contributed by atoms with E-state index in [0.717, 1.165) is 42.8 Å². The zero-order chi connectivity index (χ0) is 18.1. The zero-order valence-electron chi connectivity index (χ0n) is 14.7. The van der Waals surface area contributed by atoms with E-state index in [9.17, 15) is 9.59 Å². The third-order valence-corrected chi connectivity index (χ3v) is 5.44. The van der Waals surface area contributed by atoms with Crippen molar-refractivity contribution >= 4 is 17.7 Å². The van der Waals surface area contributed by atoms with E-state index in [-0.39, 0.29) is 24.7 Å². The lowest BCUT2D eigenvalue weighted by Gasteiger charge is -2.42. The molecule has 140 valence electrons. The van der Waals surface area contributed by atoms with Crippen molar-refractivity contribution in [2.75, 3.05) is 25.0 Å². The Morgan fingerprint density at radius 2 is 2.08 bits per heavy atom. The van der Waals surface area contributed by atoms with Crippen molar-refractivity contribution in [1.82, 2.24) is 10.2 Å². The summed E-state index contributed by atoms with van der Waals surface area (Å²) in [7, 11) is 0. The molecule has 0 unspecified atom stereocenters. The number of urea groups is 1. The number of ether oxygens (including phenoxy) is 1. The number of anilines is 1. The van der Waals surface area contributed by atoms with Gasteiger partial charge in [0.25, 0.3) is 0 Å². The molecule has 2 fully saturated rings. The van der Waals surface area contributed by atoms with Crippen LogP contribution in [0.1, 0.15) is 31.2 Å². The Balaban J connectivity index is 1.24. The van der Waals surface area contributed by atoms with Gasteiger partial charge in [-0.1, -0.05) is 0 Å². The van der Waals surface area contributed by atoms with Crippen LogP contribution < -0.4 is 15.4 Å². The number of fused-ring (bicyclic) bond motifs is 1. The van der Waals surface area contributed by atoms with Gasteiger partial charge in [0.05, 0.1) is 13.2 Å². The lowest BCUT2D eigenvalue weighted by Crippen LogP contribution is -2.55. The van der Waals surface area contributed by atoms with Crippen LogP contribution in [0.15, 0.2) is 18.2 Å². The summed E-state index contributed by atoms with van der Waals surface area (Å²) in [6, 6.07) is 5.84. The molecule has 0 atom stereocenters. The van der Waals surface area contributed by atoms with Crippen LogP contribution in [-0.2, 0) is 11.2 Å². The first-order valence-corrected chi connectivity index (χ1v) is 9.36. The SMILES string of the molecule is O=C(O)CN(CC1CC1)C1CC(NC(=O)Nc2ccc3c(c2)CCO3)C1. The van der Waals surface area contributed by atoms with Gasteiger partial charge in [0, 0.05) is 30.7 Å². The van der Waals surface area contributed by atoms with Crippen molar-refractivity contribution in [2.45, 2.75) is 44.2 Å². The van der Waals surface area contributed by atoms with Crippen molar-refractivity contribution < 1.29 is 19.4 Å². The molecule has 4 rings (SSSR count). The summed E-state index contributed by atoms with van der Waals surface area (Å²) >= 11 is 0. The number of carbonyl (C=O) groups is 2. The summed E-state index contributed by atoms with van der Waals surface area (Å²) in [6.07, 6.45) is 4.91. The summed E-state index contributed by atoms with van der Waals surface area (Å²) in [5, 5.41) is 15.0. The average molecular weight is 359 g/mol. The molecular formula is C19H25N3O4. The fourth-order valence-corrected chi connectivity index (χ4v) is 3.77. The lowest BCUT2D eigenvalue weighted by atomic mass is 9.85. The lowest BCUT2D eigenvalue weighted by molar-refractivity contribution is -0.139. The van der Waals surface area contributed by atoms with Crippen LogP contribution in [0.2, 0.25) is 0 Å². The number of amides is 2. The first kappa shape index (κ1) is 17.1. The molecule has 1 aromatic carbocycles. The quantitative estimate of drug-likeness (QED) is 0.693. The number of aliphatic carboxylic acids is 1. The maximum atomic E-state index is 12.2. The Kier molecular flexibility index (Phi) is 4.72. The molecule has 2 aliphatic carbocycles. The predicted molar refractivity (Wildman–Crippen MR) is 96.5 cm³/mol. The van der Waals surface area contributed by atoms with E-state index in [2.05, 4.69) is 15.5 Å². The monoisotopic (exact) mass is 359 g/mol. The molecule has 3 N–H and O–H groups in total. The van der Waals surface area contributed by atoms with Gasteiger partial charge in [-0.3, -0.25) is 9.69 Å². The molecule has 1 aliphatic heterocycles. The van der Waals surface area contributed by atoms with Crippen molar-refractivity contribution in [3.05, 3.63) is 23.8 Å². The normalized spacial score (nSPS) is 23.7. The maximum Gasteiger partial charge on any atom is 0.319 e. The highest BCUT2D eigenvalue weighted by atomic mass is 16.5. The molecule has 26 heavy (non-hydrogen) atoms. The van der Waals surface area contributed by atoms with Gasteiger partial charge in [-0.05, 0) is 55.4 Å². The Morgan fingerprint density at radius 1 is 1.27 bits per heavy atom. The van der Waals surface area contributed by atoms with Crippen LogP contribution in [0, 0.1) is 5.92 Å². The topological polar surface area (TPSA) is 90.9 Å². The van der Waals surface area contributed by atoms with Crippen LogP contribution >= 0.6 is 0 Å². The van der Waals surface area contributed by atoms with E-state index in [1.165, 1.54) is 12.8 Å². The first-order chi connectivity index (χ1) is 12.6. The van der Waals surface area contributed by atoms with Gasteiger partial charge < -0.3 is 20.5 Å². The largest absolute Gasteiger partial charge is 0.493 e. The maximum absolute atomic E-state index is 12.2. The van der Waals surface area contributed by atoms with E-state index < -0.39 is 5.97 Å². The number of hydrogen-bond acceptors (Lipinski definition) is 4. The zero-order valence-corrected chi connectivity index (χ0v) is 14.7. The first-order valence-electron chi connectivity index (χ1n) is 9.36. The molecule has 7 heteroatoms. The fraction of sp³-hybridized carbons (Fsp3) is 0.579. The Hall–Kier alpha value is -2.28. The van der Waals surface area contributed by atoms with E-state index in [1.54, 1.807) is 0 Å². The summed E-state index contributed by atoms with van der Waals surface area (Å²) in [5.74, 6) is 0.779. The Labute approximate surface area is 152 Å².